The van der Waals surface area contributed by atoms with E-state index >= 15 is 0 Å². The molecule has 0 saturated carbocycles. The van der Waals surface area contributed by atoms with Crippen LogP contribution in [0, 0.1) is 0 Å². The van der Waals surface area contributed by atoms with Crippen LogP contribution < -0.4 is 10.1 Å². The number of hydrogen-bond acceptors (Lipinski definition) is 8. The van der Waals surface area contributed by atoms with E-state index in [2.05, 4.69) is 15.3 Å². The molecule has 2 aromatic rings. The Hall–Kier alpha value is -3.25. The normalized spacial score (nSPS) is 16.9. The third-order valence-electron chi connectivity index (χ3n) is 5.76. The van der Waals surface area contributed by atoms with E-state index in [1.165, 1.54) is 25.4 Å². The number of nitrogens with zero attached hydrogens (tertiary/aromatic N) is 4. The van der Waals surface area contributed by atoms with Crippen molar-refractivity contribution in [2.75, 3.05) is 38.7 Å². The highest BCUT2D eigenvalue weighted by molar-refractivity contribution is 7.22. The number of anilines is 1. The Labute approximate surface area is 194 Å². The first-order valence-corrected chi connectivity index (χ1v) is 11.4. The Morgan fingerprint density at radius 3 is 2.70 bits per heavy atom. The first-order chi connectivity index (χ1) is 15.9. The predicted octanol–water partition coefficient (Wildman–Crippen LogP) is 3.03. The first kappa shape index (κ1) is 22.9. The second-order valence-corrected chi connectivity index (χ2v) is 8.75. The van der Waals surface area contributed by atoms with Crippen LogP contribution in [0.1, 0.15) is 31.7 Å². The molecule has 176 valence electrons. The van der Waals surface area contributed by atoms with E-state index in [0.717, 1.165) is 27.2 Å². The van der Waals surface area contributed by atoms with Gasteiger partial charge in [-0.1, -0.05) is 17.4 Å². The van der Waals surface area contributed by atoms with E-state index < -0.39 is 18.0 Å². The fourth-order valence-electron chi connectivity index (χ4n) is 4.14. The second-order valence-electron chi connectivity index (χ2n) is 7.75. The monoisotopic (exact) mass is 475 g/mol. The summed E-state index contributed by atoms with van der Waals surface area (Å²) in [7, 11) is 1.53. The maximum Gasteiger partial charge on any atom is 0.414 e. The molecule has 4 heterocycles. The van der Waals surface area contributed by atoms with Crippen LogP contribution in [0.3, 0.4) is 0 Å². The van der Waals surface area contributed by atoms with E-state index in [1.54, 1.807) is 11.1 Å². The van der Waals surface area contributed by atoms with Gasteiger partial charge >= 0.3 is 12.1 Å². The van der Waals surface area contributed by atoms with Crippen LogP contribution in [0.2, 0.25) is 0 Å². The quantitative estimate of drug-likeness (QED) is 0.689. The van der Waals surface area contributed by atoms with E-state index in [9.17, 15) is 19.5 Å². The molecule has 33 heavy (non-hydrogen) atoms. The summed E-state index contributed by atoms with van der Waals surface area (Å²) in [6.45, 7) is 3.09. The number of piperidine rings is 1. The Kier molecular flexibility index (Phi) is 6.75. The number of nitrogens with one attached hydrogen (secondary N) is 1. The average molecular weight is 476 g/mol. The minimum absolute atomic E-state index is 0.323. The van der Waals surface area contributed by atoms with E-state index in [-0.39, 0.29) is 6.03 Å². The number of ether oxygens (including phenoxy) is 2. The summed E-state index contributed by atoms with van der Waals surface area (Å²) in [4.78, 5) is 47.2. The lowest BCUT2D eigenvalue weighted by molar-refractivity contribution is -0.129. The van der Waals surface area contributed by atoms with Gasteiger partial charge < -0.3 is 19.5 Å². The van der Waals surface area contributed by atoms with Crippen molar-refractivity contribution >= 4 is 50.3 Å². The predicted molar refractivity (Wildman–Crippen MR) is 122 cm³/mol. The standard InChI is InChI=1S/C21H25N5O6S/c1-12(27)26(21(29)30)14-3-7-25(8-4-14)20(28)24-19-23-16-17(33-19)15(11-22-18(16)31-2)13-5-9-32-10-6-13/h5,11,14H,3-4,6-10H2,1-2H3,(H,29,30)(H,23,24,28). The first-order valence-electron chi connectivity index (χ1n) is 10.6. The van der Waals surface area contributed by atoms with Crippen molar-refractivity contribution in [2.45, 2.75) is 32.2 Å². The topological polar surface area (TPSA) is 134 Å². The lowest BCUT2D eigenvalue weighted by Crippen LogP contribution is -2.50. The smallest absolute Gasteiger partial charge is 0.414 e. The molecule has 0 aromatic carbocycles. The number of carbonyl (C=O) groups is 3. The van der Waals surface area contributed by atoms with Gasteiger partial charge in [0.05, 0.1) is 25.0 Å². The number of carbonyl (C=O) groups excluding carboxylic acids is 2. The zero-order valence-electron chi connectivity index (χ0n) is 18.4. The Bertz CT molecular complexity index is 1090. The van der Waals surface area contributed by atoms with Gasteiger partial charge in [0.25, 0.3) is 0 Å². The fourth-order valence-corrected chi connectivity index (χ4v) is 5.13. The summed E-state index contributed by atoms with van der Waals surface area (Å²) in [5.41, 5.74) is 2.66. The van der Waals surface area contributed by atoms with Gasteiger partial charge in [0.15, 0.2) is 5.13 Å². The minimum Gasteiger partial charge on any atom is -0.479 e. The third kappa shape index (κ3) is 4.76. The van der Waals surface area contributed by atoms with Crippen LogP contribution in [0.5, 0.6) is 5.88 Å². The molecular weight excluding hydrogens is 450 g/mol. The molecular formula is C21H25N5O6S. The van der Waals surface area contributed by atoms with Crippen molar-refractivity contribution in [3.63, 3.8) is 0 Å². The Morgan fingerprint density at radius 1 is 1.33 bits per heavy atom. The summed E-state index contributed by atoms with van der Waals surface area (Å²) < 4.78 is 11.6. The highest BCUT2D eigenvalue weighted by atomic mass is 32.1. The molecule has 0 aliphatic carbocycles. The van der Waals surface area contributed by atoms with E-state index in [0.29, 0.717) is 55.7 Å². The summed E-state index contributed by atoms with van der Waals surface area (Å²) in [5, 5.41) is 12.5. The van der Waals surface area contributed by atoms with Gasteiger partial charge in [-0.05, 0) is 24.8 Å². The maximum atomic E-state index is 12.8. The number of methoxy groups -OCH3 is 1. The van der Waals surface area contributed by atoms with Gasteiger partial charge in [-0.25, -0.2) is 24.5 Å². The lowest BCUT2D eigenvalue weighted by atomic mass is 10.0. The van der Waals surface area contributed by atoms with Crippen molar-refractivity contribution in [2.24, 2.45) is 0 Å². The summed E-state index contributed by atoms with van der Waals surface area (Å²) in [6, 6.07) is -0.756. The molecule has 2 aliphatic heterocycles. The highest BCUT2D eigenvalue weighted by Crippen LogP contribution is 2.38. The Balaban J connectivity index is 1.49. The third-order valence-corrected chi connectivity index (χ3v) is 6.77. The van der Waals surface area contributed by atoms with Crippen LogP contribution >= 0.6 is 11.3 Å². The molecule has 2 aliphatic rings. The number of likely N-dealkylation sites (tertiary alicyclic amines) is 1. The number of amides is 4. The molecule has 0 radical (unpaired) electrons. The number of carboxylic acid groups (broad SMARTS) is 1. The molecule has 0 atom stereocenters. The average Bonchev–Trinajstić information content (AvgIpc) is 3.22. The van der Waals surface area contributed by atoms with Crippen molar-refractivity contribution in [3.8, 4) is 5.88 Å². The molecule has 0 bridgehead atoms. The Morgan fingerprint density at radius 2 is 2.09 bits per heavy atom. The molecule has 12 heteroatoms. The van der Waals surface area contributed by atoms with Crippen molar-refractivity contribution in [1.29, 1.82) is 0 Å². The van der Waals surface area contributed by atoms with Crippen LogP contribution in [-0.4, -0.2) is 82.4 Å². The lowest BCUT2D eigenvalue weighted by Gasteiger charge is -2.35. The van der Waals surface area contributed by atoms with Crippen molar-refractivity contribution in [3.05, 3.63) is 17.8 Å². The fraction of sp³-hybridized carbons (Fsp3) is 0.476. The number of imide groups is 1. The van der Waals surface area contributed by atoms with Gasteiger partial charge in [-0.15, -0.1) is 0 Å². The zero-order valence-corrected chi connectivity index (χ0v) is 19.2. The van der Waals surface area contributed by atoms with Crippen LogP contribution in [0.25, 0.3) is 15.8 Å². The van der Waals surface area contributed by atoms with Crippen LogP contribution in [-0.2, 0) is 9.53 Å². The van der Waals surface area contributed by atoms with Crippen LogP contribution in [0.4, 0.5) is 14.7 Å². The number of rotatable bonds is 4. The van der Waals surface area contributed by atoms with Gasteiger partial charge in [-0.2, -0.15) is 0 Å². The number of urea groups is 1. The zero-order chi connectivity index (χ0) is 23.5. The minimum atomic E-state index is -1.27. The summed E-state index contributed by atoms with van der Waals surface area (Å²) in [6.07, 6.45) is 4.06. The van der Waals surface area contributed by atoms with Crippen molar-refractivity contribution < 1.29 is 29.0 Å². The molecule has 4 amide bonds. The number of thiazole rings is 1. The molecule has 1 saturated heterocycles. The van der Waals surface area contributed by atoms with Gasteiger partial charge in [-0.3, -0.25) is 10.1 Å². The SMILES string of the molecule is COc1ncc(C2=CCOCC2)c2sc(NC(=O)N3CCC(N(C(C)=O)C(=O)O)CC3)nc12. The molecule has 11 nitrogen and oxygen atoms in total. The summed E-state index contributed by atoms with van der Waals surface area (Å²) >= 11 is 1.35. The molecule has 4 rings (SSSR count). The van der Waals surface area contributed by atoms with Crippen molar-refractivity contribution in [1.82, 2.24) is 19.8 Å². The van der Waals surface area contributed by atoms with Gasteiger partial charge in [0.2, 0.25) is 11.8 Å². The molecule has 0 unspecified atom stereocenters. The molecule has 2 N–H and O–H groups in total. The number of hydrogen-bond donors (Lipinski definition) is 2. The maximum absolute atomic E-state index is 12.8. The number of aromatic nitrogens is 2. The second kappa shape index (κ2) is 9.71. The number of fused-ring (bicyclic) bond motifs is 1. The van der Waals surface area contributed by atoms with Gasteiger partial charge in [0.1, 0.15) is 5.52 Å². The van der Waals surface area contributed by atoms with E-state index in [4.69, 9.17) is 9.47 Å². The highest BCUT2D eigenvalue weighted by Gasteiger charge is 2.32. The van der Waals surface area contributed by atoms with Crippen LogP contribution in [0.15, 0.2) is 12.3 Å². The number of pyridine rings is 1. The van der Waals surface area contributed by atoms with Gasteiger partial charge in [0, 0.05) is 37.8 Å². The summed E-state index contributed by atoms with van der Waals surface area (Å²) in [5.74, 6) is -0.130. The molecule has 2 aromatic heterocycles. The van der Waals surface area contributed by atoms with E-state index in [1.807, 2.05) is 6.08 Å². The largest absolute Gasteiger partial charge is 0.479 e. The molecule has 0 spiro atoms. The molecule has 1 fully saturated rings.